The molecule has 0 aromatic carbocycles. The molecule has 0 aromatic rings. The van der Waals surface area contributed by atoms with Crippen LogP contribution in [0, 0.1) is 0 Å². The van der Waals surface area contributed by atoms with Gasteiger partial charge in [0.1, 0.15) is 0 Å². The Hall–Kier alpha value is -0.460. The Balaban J connectivity index is 4.08. The third kappa shape index (κ3) is 3.73. The Morgan fingerprint density at radius 1 is 1.50 bits per heavy atom. The van der Waals surface area contributed by atoms with Crippen molar-refractivity contribution in [2.45, 2.75) is 24.5 Å². The summed E-state index contributed by atoms with van der Waals surface area (Å²) in [6.45, 7) is 1.63. The highest BCUT2D eigenvalue weighted by Crippen LogP contribution is 2.22. The molecule has 0 aliphatic rings. The number of thioether (sulfide) groups is 1. The van der Waals surface area contributed by atoms with Crippen molar-refractivity contribution in [3.8, 4) is 0 Å². The summed E-state index contributed by atoms with van der Waals surface area (Å²) in [5.74, 6) is -6.52. The summed E-state index contributed by atoms with van der Waals surface area (Å²) in [4.78, 5) is 10.6. The zero-order valence-corrected chi connectivity index (χ0v) is 8.51. The predicted octanol–water partition coefficient (Wildman–Crippen LogP) is 1.75. The molecule has 0 aromatic heterocycles. The second kappa shape index (κ2) is 5.43. The maximum atomic E-state index is 12.3. The monoisotopic (exact) mass is 233 g/mol. The van der Waals surface area contributed by atoms with Crippen molar-refractivity contribution in [3.63, 3.8) is 0 Å². The van der Waals surface area contributed by atoms with Crippen LogP contribution in [0.15, 0.2) is 0 Å². The normalized spacial score (nSPS) is 14.2. The summed E-state index contributed by atoms with van der Waals surface area (Å²) in [6.07, 6.45) is -2.24. The third-order valence-electron chi connectivity index (χ3n) is 1.53. The number of carbonyl (C=O) groups excluding carboxylic acids is 1. The minimum absolute atomic E-state index is 0.0533. The standard InChI is InChI=1S/C7H11F4NOS/c1-4(14-2)3-12-6(13)7(10,11)5(8)9/h4-5H,3H2,1-2H3,(H,12,13). The Morgan fingerprint density at radius 2 is 2.00 bits per heavy atom. The molecule has 0 heterocycles. The van der Waals surface area contributed by atoms with Crippen LogP contribution in [0.25, 0.3) is 0 Å². The second-order valence-corrected chi connectivity index (χ2v) is 3.96. The lowest BCUT2D eigenvalue weighted by molar-refractivity contribution is -0.169. The van der Waals surface area contributed by atoms with Crippen LogP contribution in [0.3, 0.4) is 0 Å². The van der Waals surface area contributed by atoms with E-state index in [0.717, 1.165) is 0 Å². The number of carbonyl (C=O) groups is 1. The molecule has 0 saturated heterocycles. The molecular weight excluding hydrogens is 222 g/mol. The van der Waals surface area contributed by atoms with Gasteiger partial charge in [0, 0.05) is 11.8 Å². The summed E-state index contributed by atoms with van der Waals surface area (Å²) in [7, 11) is 0. The topological polar surface area (TPSA) is 29.1 Å². The molecule has 0 radical (unpaired) electrons. The Kier molecular flexibility index (Phi) is 5.25. The van der Waals surface area contributed by atoms with Gasteiger partial charge in [-0.2, -0.15) is 20.5 Å². The van der Waals surface area contributed by atoms with E-state index < -0.39 is 18.3 Å². The second-order valence-electron chi connectivity index (χ2n) is 2.68. The molecule has 1 N–H and O–H groups in total. The van der Waals surface area contributed by atoms with Crippen LogP contribution in [0.4, 0.5) is 17.6 Å². The lowest BCUT2D eigenvalue weighted by Gasteiger charge is -2.16. The molecule has 1 unspecified atom stereocenters. The number of rotatable bonds is 5. The molecule has 84 valence electrons. The van der Waals surface area contributed by atoms with E-state index in [9.17, 15) is 22.4 Å². The number of amides is 1. The lowest BCUT2D eigenvalue weighted by Crippen LogP contribution is -2.46. The van der Waals surface area contributed by atoms with Crippen LogP contribution >= 0.6 is 11.8 Å². The summed E-state index contributed by atoms with van der Waals surface area (Å²) < 4.78 is 48.0. The van der Waals surface area contributed by atoms with Gasteiger partial charge in [0.15, 0.2) is 0 Å². The van der Waals surface area contributed by atoms with Crippen molar-refractivity contribution in [2.75, 3.05) is 12.8 Å². The van der Waals surface area contributed by atoms with E-state index in [1.165, 1.54) is 11.8 Å². The predicted molar refractivity (Wildman–Crippen MR) is 46.9 cm³/mol. The van der Waals surface area contributed by atoms with Crippen molar-refractivity contribution in [2.24, 2.45) is 0 Å². The maximum Gasteiger partial charge on any atom is 0.383 e. The van der Waals surface area contributed by atoms with Gasteiger partial charge in [-0.1, -0.05) is 6.92 Å². The van der Waals surface area contributed by atoms with Gasteiger partial charge < -0.3 is 5.32 Å². The van der Waals surface area contributed by atoms with E-state index in [1.807, 2.05) is 0 Å². The number of alkyl halides is 4. The molecule has 0 saturated carbocycles. The van der Waals surface area contributed by atoms with E-state index in [4.69, 9.17) is 0 Å². The van der Waals surface area contributed by atoms with Gasteiger partial charge in [-0.15, -0.1) is 0 Å². The highest BCUT2D eigenvalue weighted by atomic mass is 32.2. The van der Waals surface area contributed by atoms with Gasteiger partial charge in [-0.25, -0.2) is 8.78 Å². The number of hydrogen-bond acceptors (Lipinski definition) is 2. The molecule has 7 heteroatoms. The molecule has 0 rings (SSSR count). The first-order valence-corrected chi connectivity index (χ1v) is 5.08. The van der Waals surface area contributed by atoms with Crippen molar-refractivity contribution in [1.29, 1.82) is 0 Å². The van der Waals surface area contributed by atoms with Crippen LogP contribution in [-0.2, 0) is 4.79 Å². The average Bonchev–Trinajstić information content (AvgIpc) is 2.12. The minimum Gasteiger partial charge on any atom is -0.350 e. The molecule has 1 amide bonds. The molecule has 0 spiro atoms. The van der Waals surface area contributed by atoms with Crippen molar-refractivity contribution < 1.29 is 22.4 Å². The van der Waals surface area contributed by atoms with Gasteiger partial charge in [0.05, 0.1) is 0 Å². The molecule has 0 aliphatic carbocycles. The molecule has 0 bridgehead atoms. The highest BCUT2D eigenvalue weighted by molar-refractivity contribution is 7.99. The van der Waals surface area contributed by atoms with Crippen LogP contribution in [-0.4, -0.2) is 36.3 Å². The summed E-state index contributed by atoms with van der Waals surface area (Å²) >= 11 is 1.34. The first-order chi connectivity index (χ1) is 6.32. The maximum absolute atomic E-state index is 12.3. The molecule has 0 aliphatic heterocycles. The molecule has 14 heavy (non-hydrogen) atoms. The zero-order chi connectivity index (χ0) is 11.4. The minimum atomic E-state index is -4.60. The van der Waals surface area contributed by atoms with Gasteiger partial charge in [-0.05, 0) is 6.26 Å². The summed E-state index contributed by atoms with van der Waals surface area (Å²) in [5.41, 5.74) is 0. The fourth-order valence-corrected chi connectivity index (χ4v) is 0.787. The van der Waals surface area contributed by atoms with Crippen molar-refractivity contribution in [1.82, 2.24) is 5.32 Å². The lowest BCUT2D eigenvalue weighted by atomic mass is 10.3. The van der Waals surface area contributed by atoms with Crippen LogP contribution < -0.4 is 5.32 Å². The fourth-order valence-electron chi connectivity index (χ4n) is 0.537. The van der Waals surface area contributed by atoms with Crippen molar-refractivity contribution >= 4 is 17.7 Å². The first kappa shape index (κ1) is 13.5. The SMILES string of the molecule is CSC(C)CNC(=O)C(F)(F)C(F)F. The Labute approximate surface area is 83.4 Å². The quantitative estimate of drug-likeness (QED) is 0.733. The highest BCUT2D eigenvalue weighted by Gasteiger charge is 2.48. The van der Waals surface area contributed by atoms with Gasteiger partial charge in [0.25, 0.3) is 5.91 Å². The van der Waals surface area contributed by atoms with Crippen LogP contribution in [0.1, 0.15) is 6.92 Å². The number of hydrogen-bond donors (Lipinski definition) is 1. The van der Waals surface area contributed by atoms with Crippen LogP contribution in [0.5, 0.6) is 0 Å². The first-order valence-electron chi connectivity index (χ1n) is 3.79. The smallest absolute Gasteiger partial charge is 0.350 e. The third-order valence-corrected chi connectivity index (χ3v) is 2.50. The van der Waals surface area contributed by atoms with Gasteiger partial charge in [-0.3, -0.25) is 4.79 Å². The fraction of sp³-hybridized carbons (Fsp3) is 0.857. The van der Waals surface area contributed by atoms with Gasteiger partial charge >= 0.3 is 12.3 Å². The Bertz CT molecular complexity index is 200. The van der Waals surface area contributed by atoms with E-state index in [-0.39, 0.29) is 11.8 Å². The Morgan fingerprint density at radius 3 is 2.36 bits per heavy atom. The number of nitrogens with one attached hydrogen (secondary N) is 1. The van der Waals surface area contributed by atoms with Crippen LogP contribution in [0.2, 0.25) is 0 Å². The molecule has 0 fully saturated rings. The van der Waals surface area contributed by atoms with E-state index in [2.05, 4.69) is 0 Å². The van der Waals surface area contributed by atoms with E-state index in [0.29, 0.717) is 0 Å². The molecule has 1 atom stereocenters. The number of halogens is 4. The van der Waals surface area contributed by atoms with E-state index >= 15 is 0 Å². The van der Waals surface area contributed by atoms with Crippen molar-refractivity contribution in [3.05, 3.63) is 0 Å². The average molecular weight is 233 g/mol. The molecular formula is C7H11F4NOS. The van der Waals surface area contributed by atoms with Gasteiger partial charge in [0.2, 0.25) is 0 Å². The zero-order valence-electron chi connectivity index (χ0n) is 7.69. The summed E-state index contributed by atoms with van der Waals surface area (Å²) in [5, 5.41) is 1.67. The summed E-state index contributed by atoms with van der Waals surface area (Å²) in [6, 6.07) is 0. The molecule has 2 nitrogen and oxygen atoms in total. The van der Waals surface area contributed by atoms with E-state index in [1.54, 1.807) is 18.5 Å². The largest absolute Gasteiger partial charge is 0.383 e.